The van der Waals surface area contributed by atoms with E-state index >= 15 is 0 Å². The number of carboxylic acids is 2. The number of hydroxylamine groups is 2. The van der Waals surface area contributed by atoms with E-state index < -0.39 is 60.1 Å². The number of nitrogens with one attached hydrogen (secondary N) is 3. The average molecular weight is 751 g/mol. The number of hydrogen-bond acceptors (Lipinski definition) is 10. The molecule has 3 unspecified atom stereocenters. The Kier molecular flexibility index (Phi) is 16.2. The smallest absolute Gasteiger partial charge is 0.363 e. The van der Waals surface area contributed by atoms with Crippen LogP contribution in [0.5, 0.6) is 5.75 Å². The number of amides is 4. The first-order chi connectivity index (χ1) is 25.8. The molecule has 54 heavy (non-hydrogen) atoms. The summed E-state index contributed by atoms with van der Waals surface area (Å²) in [4.78, 5) is 92.4. The molecule has 3 rings (SSSR count). The molecular formula is C38H46N4O12. The summed E-state index contributed by atoms with van der Waals surface area (Å²) in [7, 11) is 0. The Bertz CT molecular complexity index is 1810. The van der Waals surface area contributed by atoms with Gasteiger partial charge in [0.2, 0.25) is 12.3 Å². The molecule has 0 saturated carbocycles. The van der Waals surface area contributed by atoms with Crippen LogP contribution in [0, 0.1) is 12.8 Å². The molecule has 0 bridgehead atoms. The molecule has 5 N–H and O–H groups in total. The van der Waals surface area contributed by atoms with Crippen molar-refractivity contribution in [2.45, 2.75) is 78.3 Å². The number of carbonyl (C=O) groups is 7. The Morgan fingerprint density at radius 1 is 0.907 bits per heavy atom. The first-order valence-electron chi connectivity index (χ1n) is 17.5. The number of furan rings is 1. The predicted molar refractivity (Wildman–Crippen MR) is 193 cm³/mol. The largest absolute Gasteiger partial charge is 0.493 e. The van der Waals surface area contributed by atoms with Crippen LogP contribution in [0.3, 0.4) is 0 Å². The van der Waals surface area contributed by atoms with Crippen molar-refractivity contribution in [1.82, 2.24) is 21.0 Å². The van der Waals surface area contributed by atoms with Crippen molar-refractivity contribution in [2.75, 3.05) is 13.3 Å². The first-order valence-corrected chi connectivity index (χ1v) is 17.5. The molecule has 1 aromatic heterocycles. The van der Waals surface area contributed by atoms with E-state index in [1.165, 1.54) is 30.3 Å². The highest BCUT2D eigenvalue weighted by molar-refractivity contribution is 6.00. The van der Waals surface area contributed by atoms with Gasteiger partial charge >= 0.3 is 17.9 Å². The van der Waals surface area contributed by atoms with Gasteiger partial charge in [0, 0.05) is 5.56 Å². The summed E-state index contributed by atoms with van der Waals surface area (Å²) in [6.07, 6.45) is 2.66. The van der Waals surface area contributed by atoms with Crippen molar-refractivity contribution in [3.63, 3.8) is 0 Å². The second-order valence-corrected chi connectivity index (χ2v) is 12.2. The zero-order chi connectivity index (χ0) is 39.8. The molecule has 4 amide bonds. The number of rotatable bonds is 22. The van der Waals surface area contributed by atoms with Gasteiger partial charge in [0.15, 0.2) is 5.76 Å². The van der Waals surface area contributed by atoms with E-state index in [2.05, 4.69) is 16.0 Å². The molecule has 2 aromatic carbocycles. The van der Waals surface area contributed by atoms with E-state index in [4.69, 9.17) is 19.1 Å². The number of aryl methyl sites for hydroxylation is 1. The number of hydrogen-bond donors (Lipinski definition) is 5. The number of unbranched alkanes of at least 4 members (excludes halogenated alkanes) is 2. The number of nitrogens with zero attached hydrogens (tertiary/aromatic N) is 1. The van der Waals surface area contributed by atoms with Gasteiger partial charge in [-0.2, -0.15) is 5.06 Å². The lowest BCUT2D eigenvalue weighted by Gasteiger charge is -2.32. The predicted octanol–water partition coefficient (Wildman–Crippen LogP) is 4.32. The molecule has 0 fully saturated rings. The van der Waals surface area contributed by atoms with Crippen LogP contribution in [0.15, 0.2) is 59.0 Å². The van der Waals surface area contributed by atoms with E-state index in [9.17, 15) is 38.7 Å². The van der Waals surface area contributed by atoms with E-state index in [1.807, 2.05) is 6.92 Å². The van der Waals surface area contributed by atoms with Crippen LogP contribution in [-0.2, 0) is 24.0 Å². The summed E-state index contributed by atoms with van der Waals surface area (Å²) in [6.45, 7) is 7.06. The number of ether oxygens (including phenoxy) is 1. The molecule has 3 aromatic rings. The molecule has 0 aliphatic heterocycles. The highest BCUT2D eigenvalue weighted by atomic mass is 16.7. The summed E-state index contributed by atoms with van der Waals surface area (Å²) >= 11 is 0. The van der Waals surface area contributed by atoms with Crippen molar-refractivity contribution in [3.05, 3.63) is 77.0 Å². The Balaban J connectivity index is 1.69. The zero-order valence-electron chi connectivity index (χ0n) is 30.6. The van der Waals surface area contributed by atoms with Crippen LogP contribution >= 0.6 is 0 Å². The molecule has 0 saturated heterocycles. The molecule has 0 spiro atoms. The van der Waals surface area contributed by atoms with Gasteiger partial charge in [-0.1, -0.05) is 57.4 Å². The number of aliphatic carboxylic acids is 2. The minimum atomic E-state index is -1.67. The van der Waals surface area contributed by atoms with E-state index in [-0.39, 0.29) is 41.7 Å². The van der Waals surface area contributed by atoms with Crippen LogP contribution in [-0.4, -0.2) is 82.7 Å². The third-order valence-corrected chi connectivity index (χ3v) is 8.46. The van der Waals surface area contributed by atoms with Crippen molar-refractivity contribution in [1.29, 1.82) is 0 Å². The van der Waals surface area contributed by atoms with Crippen LogP contribution < -0.4 is 20.7 Å². The first kappa shape index (κ1) is 42.2. The van der Waals surface area contributed by atoms with Gasteiger partial charge in [0.25, 0.3) is 11.8 Å². The topological polar surface area (TPSA) is 231 Å². The molecular weight excluding hydrogens is 704 g/mol. The van der Waals surface area contributed by atoms with Gasteiger partial charge in [0.05, 0.1) is 42.8 Å². The van der Waals surface area contributed by atoms with Crippen LogP contribution in [0.25, 0.3) is 11.3 Å². The number of benzene rings is 2. The quantitative estimate of drug-likeness (QED) is 0.0418. The lowest BCUT2D eigenvalue weighted by molar-refractivity contribution is -0.171. The van der Waals surface area contributed by atoms with E-state index in [0.29, 0.717) is 36.8 Å². The van der Waals surface area contributed by atoms with Crippen molar-refractivity contribution in [2.24, 2.45) is 5.92 Å². The second-order valence-electron chi connectivity index (χ2n) is 12.2. The maximum absolute atomic E-state index is 13.5. The van der Waals surface area contributed by atoms with Crippen LogP contribution in [0.4, 0.5) is 0 Å². The Labute approximate surface area is 312 Å². The third kappa shape index (κ3) is 11.7. The molecule has 0 aliphatic carbocycles. The van der Waals surface area contributed by atoms with Gasteiger partial charge < -0.3 is 40.2 Å². The van der Waals surface area contributed by atoms with Crippen molar-refractivity contribution in [3.8, 4) is 17.1 Å². The molecule has 16 heteroatoms. The fraction of sp³-hybridized carbons (Fsp3) is 0.395. The number of carbonyl (C=O) groups excluding carboxylic acids is 5. The molecule has 0 radical (unpaired) electrons. The Morgan fingerprint density at radius 2 is 1.65 bits per heavy atom. The molecule has 3 atom stereocenters. The van der Waals surface area contributed by atoms with Gasteiger partial charge in [-0.05, 0) is 62.6 Å². The summed E-state index contributed by atoms with van der Waals surface area (Å²) in [5, 5.41) is 26.6. The molecule has 290 valence electrons. The maximum Gasteiger partial charge on any atom is 0.363 e. The Hall–Kier alpha value is -6.19. The third-order valence-electron chi connectivity index (χ3n) is 8.46. The normalized spacial score (nSPS) is 12.4. The SMILES string of the molecule is CCCCCC(C(=O)NCNC(=O)c1ccc(-c2ccc(C(=O)NC(CC(=O)O)C(=O)O)c(OCC)c2)o1)C(CC)N(C=O)OC(=O)c1ccccc1C. The fourth-order valence-electron chi connectivity index (χ4n) is 5.66. The van der Waals surface area contributed by atoms with Crippen molar-refractivity contribution < 1.29 is 57.8 Å². The Morgan fingerprint density at radius 3 is 2.28 bits per heavy atom. The second kappa shape index (κ2) is 20.7. The lowest BCUT2D eigenvalue weighted by Crippen LogP contribution is -2.49. The summed E-state index contributed by atoms with van der Waals surface area (Å²) in [5.74, 6) is -6.19. The van der Waals surface area contributed by atoms with Gasteiger partial charge in [-0.15, -0.1) is 0 Å². The fourth-order valence-corrected chi connectivity index (χ4v) is 5.66. The summed E-state index contributed by atoms with van der Waals surface area (Å²) < 4.78 is 11.3. The van der Waals surface area contributed by atoms with E-state index in [0.717, 1.165) is 17.9 Å². The van der Waals surface area contributed by atoms with Gasteiger partial charge in [-0.3, -0.25) is 24.0 Å². The van der Waals surface area contributed by atoms with E-state index in [1.54, 1.807) is 45.0 Å². The van der Waals surface area contributed by atoms with Crippen LogP contribution in [0.2, 0.25) is 0 Å². The standard InChI is InChI=1S/C38H46N4O12/c1-5-8-9-14-26(29(6-2)42(22-43)54-38(51)25-13-11-10-12-23(25)4)34(46)39-21-40-36(48)31-18-17-30(53-31)24-15-16-27(32(19-24)52-7-3)35(47)41-28(37(49)50)20-33(44)45/h10-13,15-19,22,26,28-29H,5-9,14,20-21H2,1-4H3,(H,39,46)(H,40,48)(H,41,47)(H,44,45)(H,49,50). The van der Waals surface area contributed by atoms with Gasteiger partial charge in [0.1, 0.15) is 17.6 Å². The lowest BCUT2D eigenvalue weighted by atomic mass is 9.90. The monoisotopic (exact) mass is 750 g/mol. The highest BCUT2D eigenvalue weighted by Crippen LogP contribution is 2.29. The van der Waals surface area contributed by atoms with Crippen molar-refractivity contribution >= 4 is 42.0 Å². The maximum atomic E-state index is 13.5. The average Bonchev–Trinajstić information content (AvgIpc) is 3.64. The highest BCUT2D eigenvalue weighted by Gasteiger charge is 2.34. The summed E-state index contributed by atoms with van der Waals surface area (Å²) in [5.41, 5.74) is 1.32. The molecule has 0 aliphatic rings. The molecule has 1 heterocycles. The summed E-state index contributed by atoms with van der Waals surface area (Å²) in [6, 6.07) is 11.5. The van der Waals surface area contributed by atoms with Crippen LogP contribution in [0.1, 0.15) is 96.1 Å². The minimum absolute atomic E-state index is 0.0449. The zero-order valence-corrected chi connectivity index (χ0v) is 30.6. The minimum Gasteiger partial charge on any atom is -0.493 e. The molecule has 16 nitrogen and oxygen atoms in total. The van der Waals surface area contributed by atoms with Gasteiger partial charge in [-0.25, -0.2) is 9.59 Å². The number of carboxylic acid groups (broad SMARTS) is 2.